The highest BCUT2D eigenvalue weighted by Gasteiger charge is 2.32. The molecule has 1 aliphatic rings. The highest BCUT2D eigenvalue weighted by atomic mass is 32.2. The molecular weight excluding hydrogens is 406 g/mol. The van der Waals surface area contributed by atoms with Crippen LogP contribution in [0, 0.1) is 5.41 Å². The molecule has 1 saturated heterocycles. The predicted molar refractivity (Wildman–Crippen MR) is 120 cm³/mol. The van der Waals surface area contributed by atoms with Gasteiger partial charge in [-0.25, -0.2) is 4.79 Å². The molecule has 8 heteroatoms. The van der Waals surface area contributed by atoms with Crippen molar-refractivity contribution < 1.29 is 28.7 Å². The zero-order valence-corrected chi connectivity index (χ0v) is 20.9. The van der Waals surface area contributed by atoms with Crippen LogP contribution >= 0.6 is 11.8 Å². The Hall–Kier alpha value is -1.12. The molecule has 1 fully saturated rings. The average Bonchev–Trinajstić information content (AvgIpc) is 2.91. The van der Waals surface area contributed by atoms with Gasteiger partial charge in [-0.2, -0.15) is 11.8 Å². The van der Waals surface area contributed by atoms with Gasteiger partial charge in [0.1, 0.15) is 0 Å². The molecule has 176 valence electrons. The number of hydroxylamine groups is 2. The zero-order chi connectivity index (χ0) is 23.4. The smallest absolute Gasteiger partial charge is 0.335 e. The van der Waals surface area contributed by atoms with Crippen LogP contribution in [0.3, 0.4) is 0 Å². The van der Waals surface area contributed by atoms with Crippen LogP contribution in [0.5, 0.6) is 0 Å². The van der Waals surface area contributed by atoms with E-state index in [1.54, 1.807) is 0 Å². The normalized spacial score (nSPS) is 14.8. The van der Waals surface area contributed by atoms with Gasteiger partial charge in [0.15, 0.2) is 0 Å². The first kappa shape index (κ1) is 28.9. The molecule has 0 bridgehead atoms. The third-order valence-electron chi connectivity index (χ3n) is 3.89. The molecular formula is C22H41NO6S. The topological polar surface area (TPSA) is 82.1 Å². The Balaban J connectivity index is 0.000000890. The fraction of sp³-hybridized carbons (Fsp3) is 0.864. The minimum absolute atomic E-state index is 0.0223. The summed E-state index contributed by atoms with van der Waals surface area (Å²) in [6, 6.07) is 0. The molecule has 0 radical (unpaired) electrons. The molecule has 0 atom stereocenters. The number of nitrogens with zero attached hydrogens (tertiary/aromatic N) is 1. The molecule has 1 aliphatic heterocycles. The molecule has 0 saturated carbocycles. The predicted octanol–water partition coefficient (Wildman–Crippen LogP) is 4.38. The Morgan fingerprint density at radius 1 is 1.07 bits per heavy atom. The van der Waals surface area contributed by atoms with Gasteiger partial charge in [0, 0.05) is 19.4 Å². The summed E-state index contributed by atoms with van der Waals surface area (Å²) in [5.41, 5.74) is 0.0924. The second-order valence-electron chi connectivity index (χ2n) is 9.27. The number of carbonyl (C=O) groups excluding carboxylic acids is 3. The van der Waals surface area contributed by atoms with E-state index in [9.17, 15) is 14.4 Å². The molecule has 0 unspecified atom stereocenters. The molecule has 30 heavy (non-hydrogen) atoms. The summed E-state index contributed by atoms with van der Waals surface area (Å²) in [6.07, 6.45) is 1.02. The lowest BCUT2D eigenvalue weighted by molar-refractivity contribution is -0.198. The van der Waals surface area contributed by atoms with Crippen LogP contribution in [-0.4, -0.2) is 59.3 Å². The maximum atomic E-state index is 11.6. The average molecular weight is 448 g/mol. The summed E-state index contributed by atoms with van der Waals surface area (Å²) < 4.78 is 11.1. The highest BCUT2D eigenvalue weighted by molar-refractivity contribution is 7.99. The van der Waals surface area contributed by atoms with Gasteiger partial charge < -0.3 is 14.3 Å². The SMILES string of the molecule is CC(C)OCCC(C)(C)OCCC(=O)ON1C(=O)CCC1=O.CCSCC(C)(C)C. The number of hydrogen-bond donors (Lipinski definition) is 0. The number of hydrogen-bond acceptors (Lipinski definition) is 7. The van der Waals surface area contributed by atoms with E-state index in [2.05, 4.69) is 27.7 Å². The Morgan fingerprint density at radius 3 is 2.07 bits per heavy atom. The molecule has 0 spiro atoms. The maximum absolute atomic E-state index is 11.6. The fourth-order valence-electron chi connectivity index (χ4n) is 2.24. The number of rotatable bonds is 11. The van der Waals surface area contributed by atoms with Crippen LogP contribution in [0.2, 0.25) is 0 Å². The third kappa shape index (κ3) is 14.8. The van der Waals surface area contributed by atoms with Crippen molar-refractivity contribution in [3.63, 3.8) is 0 Å². The zero-order valence-electron chi connectivity index (χ0n) is 20.0. The van der Waals surface area contributed by atoms with Crippen molar-refractivity contribution in [1.82, 2.24) is 5.06 Å². The molecule has 0 aromatic rings. The lowest BCUT2D eigenvalue weighted by atomic mass is 10.0. The van der Waals surface area contributed by atoms with E-state index in [-0.39, 0.29) is 32.0 Å². The van der Waals surface area contributed by atoms with Crippen LogP contribution < -0.4 is 0 Å². The number of thioether (sulfide) groups is 1. The summed E-state index contributed by atoms with van der Waals surface area (Å²) in [5, 5.41) is 0.546. The number of carbonyl (C=O) groups is 3. The van der Waals surface area contributed by atoms with Crippen molar-refractivity contribution in [2.45, 2.75) is 92.8 Å². The molecule has 7 nitrogen and oxygen atoms in total. The minimum atomic E-state index is -0.655. The molecule has 0 aliphatic carbocycles. The van der Waals surface area contributed by atoms with Crippen LogP contribution in [0.4, 0.5) is 0 Å². The second kappa shape index (κ2) is 14.0. The number of imide groups is 1. The van der Waals surface area contributed by atoms with Crippen LogP contribution in [0.1, 0.15) is 81.1 Å². The van der Waals surface area contributed by atoms with Gasteiger partial charge in [0.25, 0.3) is 11.8 Å². The third-order valence-corrected chi connectivity index (χ3v) is 5.37. The maximum Gasteiger partial charge on any atom is 0.335 e. The van der Waals surface area contributed by atoms with E-state index in [1.165, 1.54) is 11.5 Å². The molecule has 1 heterocycles. The van der Waals surface area contributed by atoms with Crippen molar-refractivity contribution in [2.75, 3.05) is 24.7 Å². The Bertz CT molecular complexity index is 526. The first-order chi connectivity index (χ1) is 13.8. The van der Waals surface area contributed by atoms with E-state index in [0.29, 0.717) is 23.5 Å². The van der Waals surface area contributed by atoms with Crippen molar-refractivity contribution in [2.24, 2.45) is 5.41 Å². The molecule has 0 aromatic carbocycles. The summed E-state index contributed by atoms with van der Waals surface area (Å²) in [6.45, 7) is 17.5. The summed E-state index contributed by atoms with van der Waals surface area (Å²) in [7, 11) is 0. The molecule has 1 rings (SSSR count). The van der Waals surface area contributed by atoms with E-state index in [4.69, 9.17) is 14.3 Å². The second-order valence-corrected chi connectivity index (χ2v) is 10.5. The van der Waals surface area contributed by atoms with E-state index >= 15 is 0 Å². The van der Waals surface area contributed by atoms with E-state index in [0.717, 1.165) is 0 Å². The molecule has 2 amide bonds. The number of amides is 2. The van der Waals surface area contributed by atoms with Crippen LogP contribution in [-0.2, 0) is 28.7 Å². The van der Waals surface area contributed by atoms with Gasteiger partial charge in [-0.1, -0.05) is 27.7 Å². The summed E-state index contributed by atoms with van der Waals surface area (Å²) >= 11 is 2.02. The van der Waals surface area contributed by atoms with Crippen molar-refractivity contribution in [3.05, 3.63) is 0 Å². The summed E-state index contributed by atoms with van der Waals surface area (Å²) in [4.78, 5) is 39.0. The van der Waals surface area contributed by atoms with Crippen molar-refractivity contribution in [1.29, 1.82) is 0 Å². The lowest BCUT2D eigenvalue weighted by Gasteiger charge is -2.25. The van der Waals surface area contributed by atoms with Gasteiger partial charge in [-0.3, -0.25) is 9.59 Å². The largest absolute Gasteiger partial charge is 0.379 e. The van der Waals surface area contributed by atoms with Crippen molar-refractivity contribution >= 4 is 29.5 Å². The van der Waals surface area contributed by atoms with Crippen LogP contribution in [0.15, 0.2) is 0 Å². The highest BCUT2D eigenvalue weighted by Crippen LogP contribution is 2.19. The monoisotopic (exact) mass is 447 g/mol. The lowest BCUT2D eigenvalue weighted by Crippen LogP contribution is -2.33. The Morgan fingerprint density at radius 2 is 1.63 bits per heavy atom. The Labute approximate surface area is 186 Å². The van der Waals surface area contributed by atoms with E-state index < -0.39 is 23.4 Å². The quantitative estimate of drug-likeness (QED) is 0.435. The fourth-order valence-corrected chi connectivity index (χ4v) is 3.05. The summed E-state index contributed by atoms with van der Waals surface area (Å²) in [5.74, 6) is 0.912. The first-order valence-corrected chi connectivity index (χ1v) is 11.8. The minimum Gasteiger partial charge on any atom is -0.379 e. The first-order valence-electron chi connectivity index (χ1n) is 10.7. The molecule has 0 aromatic heterocycles. The van der Waals surface area contributed by atoms with Gasteiger partial charge in [-0.05, 0) is 51.0 Å². The van der Waals surface area contributed by atoms with Gasteiger partial charge in [-0.15, -0.1) is 5.06 Å². The van der Waals surface area contributed by atoms with Gasteiger partial charge in [0.05, 0.1) is 24.7 Å². The van der Waals surface area contributed by atoms with E-state index in [1.807, 2.05) is 39.5 Å². The standard InChI is InChI=1S/C15H25NO6.C7H16S/c1-11(2)20-10-8-15(3,4)21-9-7-14(19)22-16-12(17)5-6-13(16)18;1-5-8-6-7(2,3)4/h11H,5-10H2,1-4H3;5-6H2,1-4H3. The molecule has 0 N–H and O–H groups in total. The Kier molecular flexibility index (Phi) is 13.5. The van der Waals surface area contributed by atoms with Gasteiger partial charge in [0.2, 0.25) is 0 Å². The van der Waals surface area contributed by atoms with Gasteiger partial charge >= 0.3 is 5.97 Å². The van der Waals surface area contributed by atoms with Crippen LogP contribution in [0.25, 0.3) is 0 Å². The van der Waals surface area contributed by atoms with Crippen molar-refractivity contribution in [3.8, 4) is 0 Å². The number of ether oxygens (including phenoxy) is 2.